The number of phenols is 1. The molecule has 0 aliphatic rings. The van der Waals surface area contributed by atoms with E-state index < -0.39 is 20.3 Å². The van der Waals surface area contributed by atoms with E-state index in [1.54, 1.807) is 69.0 Å². The Bertz CT molecular complexity index is 2100. The van der Waals surface area contributed by atoms with Crippen molar-refractivity contribution in [3.63, 3.8) is 0 Å². The minimum atomic E-state index is -3.45. The average Bonchev–Trinajstić information content (AvgIpc) is 3.17. The maximum Gasteiger partial charge on any atom is 0.433 e. The number of hydrogen-bond donors (Lipinski definition) is 1. The Morgan fingerprint density at radius 3 is 1.21 bits per heavy atom. The van der Waals surface area contributed by atoms with E-state index in [0.29, 0.717) is 28.7 Å². The van der Waals surface area contributed by atoms with E-state index in [4.69, 9.17) is 23.4 Å². The first-order valence-corrected chi connectivity index (χ1v) is 22.2. The summed E-state index contributed by atoms with van der Waals surface area (Å²) >= 11 is 0. The number of hydrogen-bond acceptors (Lipinski definition) is 7. The smallest absolute Gasteiger partial charge is 0.433 e. The molecule has 6 aromatic carbocycles. The highest BCUT2D eigenvalue weighted by Crippen LogP contribution is 2.56. The normalized spacial score (nSPS) is 13.3. The van der Waals surface area contributed by atoms with Crippen LogP contribution in [-0.4, -0.2) is 22.8 Å². The highest BCUT2D eigenvalue weighted by molar-refractivity contribution is 7.60. The van der Waals surface area contributed by atoms with Crippen molar-refractivity contribution in [1.29, 1.82) is 0 Å². The molecule has 0 radical (unpaired) electrons. The van der Waals surface area contributed by atoms with E-state index in [2.05, 4.69) is 32.9 Å². The molecule has 0 heterocycles. The van der Waals surface area contributed by atoms with Crippen molar-refractivity contribution in [3.05, 3.63) is 187 Å². The summed E-state index contributed by atoms with van der Waals surface area (Å²) < 4.78 is 50.9. The van der Waals surface area contributed by atoms with Gasteiger partial charge < -0.3 is 23.4 Å². The van der Waals surface area contributed by atoms with Gasteiger partial charge in [-0.05, 0) is 106 Å². The van der Waals surface area contributed by atoms with Crippen LogP contribution in [0.25, 0.3) is 0 Å². The Labute approximate surface area is 333 Å². The van der Waals surface area contributed by atoms with Crippen molar-refractivity contribution in [2.24, 2.45) is 0 Å². The first-order chi connectivity index (χ1) is 26.5. The second kappa shape index (κ2) is 19.6. The molecule has 0 spiro atoms. The Hall–Kier alpha value is -5.22. The molecule has 0 fully saturated rings. The average molecular weight is 793 g/mol. The molecule has 0 saturated carbocycles. The van der Waals surface area contributed by atoms with Crippen molar-refractivity contribution in [1.82, 2.24) is 0 Å². The second-order valence-electron chi connectivity index (χ2n) is 14.6. The number of aromatic hydroxyl groups is 1. The molecular weight excluding hydrogens is 738 g/mol. The molecule has 1 N–H and O–H groups in total. The molecule has 0 aliphatic carbocycles. The lowest BCUT2D eigenvalue weighted by molar-refractivity contribution is 0.178. The van der Waals surface area contributed by atoms with Crippen LogP contribution in [0.2, 0.25) is 0 Å². The molecule has 6 rings (SSSR count). The van der Waals surface area contributed by atoms with Crippen LogP contribution >= 0.6 is 15.0 Å². The minimum absolute atomic E-state index is 0.322. The summed E-state index contributed by atoms with van der Waals surface area (Å²) in [6.45, 7) is 15.2. The number of ether oxygens (including phenoxy) is 1. The quantitative estimate of drug-likeness (QED) is 0.123. The lowest BCUT2D eigenvalue weighted by atomic mass is 9.78. The van der Waals surface area contributed by atoms with E-state index in [1.807, 2.05) is 123 Å². The summed E-state index contributed by atoms with van der Waals surface area (Å²) in [5.41, 5.74) is 2.78. The van der Waals surface area contributed by atoms with Crippen LogP contribution in [0.1, 0.15) is 58.2 Å². The van der Waals surface area contributed by atoms with Crippen LogP contribution in [0.15, 0.2) is 170 Å². The van der Waals surface area contributed by atoms with Crippen molar-refractivity contribution < 1.29 is 32.5 Å². The van der Waals surface area contributed by atoms with Crippen LogP contribution in [0.3, 0.4) is 0 Å². The molecule has 294 valence electrons. The first-order valence-electron chi connectivity index (χ1n) is 18.5. The van der Waals surface area contributed by atoms with Gasteiger partial charge in [-0.1, -0.05) is 129 Å². The third-order valence-corrected chi connectivity index (χ3v) is 13.9. The third kappa shape index (κ3) is 12.7. The van der Waals surface area contributed by atoms with Gasteiger partial charge in [-0.15, -0.1) is 0 Å². The summed E-state index contributed by atoms with van der Waals surface area (Å²) in [4.78, 5) is 0. The number of benzene rings is 6. The zero-order chi connectivity index (χ0) is 40.8. The fourth-order valence-electron chi connectivity index (χ4n) is 5.17. The number of rotatable bonds is 12. The van der Waals surface area contributed by atoms with Crippen LogP contribution < -0.4 is 18.3 Å². The van der Waals surface area contributed by atoms with Crippen molar-refractivity contribution in [2.75, 3.05) is 6.66 Å². The molecule has 9 heteroatoms. The largest absolute Gasteiger partial charge is 0.508 e. The topological polar surface area (TPSA) is 91.3 Å². The molecule has 0 bridgehead atoms. The SMILES string of the molecule is CC(C)P(=O)(Oc1ccccc1)Oc1ccc(C(C)(C)c2ccc(OC(C)(C)P(C)(=O)Oc3ccccc3)cc2)cc1.Cc1ccccc1.Oc1ccccc1. The Morgan fingerprint density at radius 1 is 0.500 bits per heavy atom. The fraction of sp³-hybridized carbons (Fsp3) is 0.234. The molecule has 0 aliphatic heterocycles. The molecule has 2 unspecified atom stereocenters. The van der Waals surface area contributed by atoms with Gasteiger partial charge in [0.2, 0.25) is 0 Å². The zero-order valence-electron chi connectivity index (χ0n) is 33.5. The molecule has 0 amide bonds. The number of para-hydroxylation sites is 3. The standard InChI is InChI=1S/C34H40O6P2.C7H8.C6H6O/c1-26(2)42(36,39-31-16-12-9-13-17-31)40-32-24-20-28(21-25-32)33(3,4)27-18-22-29(23-19-27)37-34(5,6)41(7,35)38-30-14-10-8-11-15-30;1-7-5-3-2-4-6-7;7-6-4-2-1-3-5-6/h8-26H,1-7H3;2-6H,1H3;1-5,7H. The van der Waals surface area contributed by atoms with E-state index in [9.17, 15) is 9.13 Å². The lowest BCUT2D eigenvalue weighted by Crippen LogP contribution is -2.30. The summed E-state index contributed by atoms with van der Waals surface area (Å²) in [6.07, 6.45) is 0. The van der Waals surface area contributed by atoms with Crippen molar-refractivity contribution >= 4 is 15.0 Å². The lowest BCUT2D eigenvalue weighted by Gasteiger charge is -2.33. The molecule has 0 saturated heterocycles. The van der Waals surface area contributed by atoms with Crippen LogP contribution in [0.4, 0.5) is 0 Å². The third-order valence-electron chi connectivity index (χ3n) is 9.06. The Balaban J connectivity index is 0.000000413. The van der Waals surface area contributed by atoms with E-state index in [0.717, 1.165) is 11.1 Å². The molecular formula is C47H54O7P2. The highest BCUT2D eigenvalue weighted by Gasteiger charge is 2.41. The van der Waals surface area contributed by atoms with E-state index >= 15 is 0 Å². The van der Waals surface area contributed by atoms with Crippen molar-refractivity contribution in [2.45, 2.75) is 64.9 Å². The summed E-state index contributed by atoms with van der Waals surface area (Å²) in [5.74, 6) is 2.46. The van der Waals surface area contributed by atoms with E-state index in [1.165, 1.54) is 5.56 Å². The minimum Gasteiger partial charge on any atom is -0.508 e. The maximum absolute atomic E-state index is 13.6. The van der Waals surface area contributed by atoms with Gasteiger partial charge in [-0.25, -0.2) is 4.57 Å². The summed E-state index contributed by atoms with van der Waals surface area (Å²) in [5, 5.41) is 7.59. The Morgan fingerprint density at radius 2 is 0.857 bits per heavy atom. The maximum atomic E-state index is 13.6. The van der Waals surface area contributed by atoms with Gasteiger partial charge in [0.05, 0.1) is 5.66 Å². The van der Waals surface area contributed by atoms with Crippen LogP contribution in [-0.2, 0) is 14.5 Å². The monoisotopic (exact) mass is 792 g/mol. The van der Waals surface area contributed by atoms with E-state index in [-0.39, 0.29) is 11.1 Å². The molecule has 7 nitrogen and oxygen atoms in total. The molecule has 2 atom stereocenters. The molecule has 6 aromatic rings. The summed E-state index contributed by atoms with van der Waals surface area (Å²) in [7, 11) is -6.63. The molecule has 56 heavy (non-hydrogen) atoms. The van der Waals surface area contributed by atoms with Crippen molar-refractivity contribution in [3.8, 4) is 28.7 Å². The Kier molecular flexibility index (Phi) is 15.2. The molecule has 0 aromatic heterocycles. The number of phenolic OH excluding ortho intramolecular Hbond substituents is 1. The summed E-state index contributed by atoms with van der Waals surface area (Å²) in [6, 6.07) is 52.6. The van der Waals surface area contributed by atoms with Gasteiger partial charge in [-0.2, -0.15) is 0 Å². The fourth-order valence-corrected chi connectivity index (χ4v) is 7.47. The predicted octanol–water partition coefficient (Wildman–Crippen LogP) is 13.6. The van der Waals surface area contributed by atoms with Crippen LogP contribution in [0.5, 0.6) is 28.7 Å². The highest BCUT2D eigenvalue weighted by atomic mass is 31.2. The van der Waals surface area contributed by atoms with Gasteiger partial charge in [0, 0.05) is 12.1 Å². The number of aryl methyl sites for hydroxylation is 1. The first kappa shape index (κ1) is 43.5. The van der Waals surface area contributed by atoms with Crippen LogP contribution in [0, 0.1) is 6.92 Å². The second-order valence-corrected chi connectivity index (χ2v) is 20.0. The van der Waals surface area contributed by atoms with Gasteiger partial charge in [-0.3, -0.25) is 4.57 Å². The van der Waals surface area contributed by atoms with Gasteiger partial charge in [0.25, 0.3) is 7.37 Å². The van der Waals surface area contributed by atoms with Gasteiger partial charge >= 0.3 is 7.60 Å². The van der Waals surface area contributed by atoms with Gasteiger partial charge in [0.15, 0.2) is 5.34 Å². The van der Waals surface area contributed by atoms with Gasteiger partial charge in [0.1, 0.15) is 28.7 Å². The predicted molar refractivity (Wildman–Crippen MR) is 230 cm³/mol. The zero-order valence-corrected chi connectivity index (χ0v) is 35.3.